The maximum absolute atomic E-state index is 4.51. The number of nitrogens with zero attached hydrogens (tertiary/aromatic N) is 3. The van der Waals surface area contributed by atoms with Crippen LogP contribution in [0.15, 0.2) is 6.07 Å². The third-order valence-electron chi connectivity index (χ3n) is 3.11. The third-order valence-corrected chi connectivity index (χ3v) is 3.11. The lowest BCUT2D eigenvalue weighted by molar-refractivity contribution is 0.447. The van der Waals surface area contributed by atoms with E-state index in [-0.39, 0.29) is 0 Å². The van der Waals surface area contributed by atoms with E-state index in [9.17, 15) is 0 Å². The molecule has 0 bridgehead atoms. The van der Waals surface area contributed by atoms with Crippen LogP contribution >= 0.6 is 0 Å². The van der Waals surface area contributed by atoms with E-state index in [0.717, 1.165) is 30.4 Å². The molecular weight excluding hydrogens is 200 g/mol. The number of aromatic nitrogens is 2. The molecule has 16 heavy (non-hydrogen) atoms. The molecule has 1 aliphatic heterocycles. The van der Waals surface area contributed by atoms with Crippen LogP contribution in [-0.2, 0) is 0 Å². The van der Waals surface area contributed by atoms with Crippen LogP contribution in [0.5, 0.6) is 0 Å². The second-order valence-electron chi connectivity index (χ2n) is 4.49. The molecule has 1 aromatic heterocycles. The lowest BCUT2D eigenvalue weighted by Crippen LogP contribution is -2.44. The van der Waals surface area contributed by atoms with Crippen LogP contribution in [0.2, 0.25) is 0 Å². The van der Waals surface area contributed by atoms with Crippen molar-refractivity contribution in [2.24, 2.45) is 0 Å². The van der Waals surface area contributed by atoms with Crippen molar-refractivity contribution in [1.82, 2.24) is 15.3 Å². The van der Waals surface area contributed by atoms with Gasteiger partial charge in [-0.15, -0.1) is 0 Å². The zero-order chi connectivity index (χ0) is 11.5. The molecule has 1 aromatic rings. The Labute approximate surface area is 97.1 Å². The summed E-state index contributed by atoms with van der Waals surface area (Å²) in [6.45, 7) is 6.13. The van der Waals surface area contributed by atoms with Crippen molar-refractivity contribution in [2.75, 3.05) is 25.0 Å². The predicted octanol–water partition coefficient (Wildman–Crippen LogP) is 1.28. The van der Waals surface area contributed by atoms with Crippen LogP contribution < -0.4 is 10.2 Å². The standard InChI is InChI=1S/C12H20N4/c1-9-7-12(15-10(2)14-9)16-6-4-5-11(8-16)13-3/h7,11,13H,4-6,8H2,1-3H3. The Balaban J connectivity index is 2.16. The summed E-state index contributed by atoms with van der Waals surface area (Å²) >= 11 is 0. The molecule has 1 atom stereocenters. The molecule has 4 nitrogen and oxygen atoms in total. The van der Waals surface area contributed by atoms with Gasteiger partial charge in [-0.25, -0.2) is 9.97 Å². The van der Waals surface area contributed by atoms with E-state index in [1.807, 2.05) is 20.9 Å². The Hall–Kier alpha value is -1.16. The Kier molecular flexibility index (Phi) is 3.39. The Morgan fingerprint density at radius 3 is 2.88 bits per heavy atom. The highest BCUT2D eigenvalue weighted by molar-refractivity contribution is 5.40. The first-order valence-corrected chi connectivity index (χ1v) is 5.93. The highest BCUT2D eigenvalue weighted by Gasteiger charge is 2.19. The first-order valence-electron chi connectivity index (χ1n) is 5.93. The van der Waals surface area contributed by atoms with Gasteiger partial charge in [0.25, 0.3) is 0 Å². The molecule has 0 aromatic carbocycles. The van der Waals surface area contributed by atoms with Crippen LogP contribution in [0.25, 0.3) is 0 Å². The molecule has 88 valence electrons. The van der Waals surface area contributed by atoms with Gasteiger partial charge in [0, 0.05) is 30.9 Å². The number of rotatable bonds is 2. The first-order chi connectivity index (χ1) is 7.69. The third kappa shape index (κ3) is 2.50. The summed E-state index contributed by atoms with van der Waals surface area (Å²) in [5, 5.41) is 3.35. The Bertz CT molecular complexity index is 344. The van der Waals surface area contributed by atoms with Gasteiger partial charge in [-0.2, -0.15) is 0 Å². The van der Waals surface area contributed by atoms with Gasteiger partial charge in [-0.05, 0) is 33.7 Å². The molecule has 1 unspecified atom stereocenters. The maximum atomic E-state index is 4.51. The average Bonchev–Trinajstić information content (AvgIpc) is 2.28. The van der Waals surface area contributed by atoms with Crippen molar-refractivity contribution < 1.29 is 0 Å². The normalized spacial score (nSPS) is 21.2. The van der Waals surface area contributed by atoms with Gasteiger partial charge in [0.05, 0.1) is 0 Å². The van der Waals surface area contributed by atoms with Crippen molar-refractivity contribution >= 4 is 5.82 Å². The Morgan fingerprint density at radius 2 is 2.19 bits per heavy atom. The minimum atomic E-state index is 0.587. The molecule has 4 heteroatoms. The van der Waals surface area contributed by atoms with Crippen molar-refractivity contribution in [3.63, 3.8) is 0 Å². The molecule has 0 spiro atoms. The summed E-state index contributed by atoms with van der Waals surface area (Å²) < 4.78 is 0. The number of anilines is 1. The molecule has 0 amide bonds. The lowest BCUT2D eigenvalue weighted by Gasteiger charge is -2.33. The molecule has 1 aliphatic rings. The minimum absolute atomic E-state index is 0.587. The van der Waals surface area contributed by atoms with Gasteiger partial charge in [0.1, 0.15) is 11.6 Å². The molecule has 0 saturated carbocycles. The summed E-state index contributed by atoms with van der Waals surface area (Å²) in [6.07, 6.45) is 2.49. The van der Waals surface area contributed by atoms with Crippen LogP contribution in [-0.4, -0.2) is 36.1 Å². The fourth-order valence-electron chi connectivity index (χ4n) is 2.28. The molecule has 1 N–H and O–H groups in total. The maximum Gasteiger partial charge on any atom is 0.132 e. The molecule has 1 fully saturated rings. The number of hydrogen-bond acceptors (Lipinski definition) is 4. The highest BCUT2D eigenvalue weighted by atomic mass is 15.2. The molecule has 1 saturated heterocycles. The molecule has 2 rings (SSSR count). The van der Waals surface area contributed by atoms with Crippen LogP contribution in [0.3, 0.4) is 0 Å². The number of likely N-dealkylation sites (N-methyl/N-ethyl adjacent to an activating group) is 1. The van der Waals surface area contributed by atoms with Gasteiger partial charge in [-0.3, -0.25) is 0 Å². The zero-order valence-corrected chi connectivity index (χ0v) is 10.3. The van der Waals surface area contributed by atoms with Gasteiger partial charge in [0.15, 0.2) is 0 Å². The number of hydrogen-bond donors (Lipinski definition) is 1. The number of piperidine rings is 1. The molecule has 2 heterocycles. The predicted molar refractivity (Wildman–Crippen MR) is 65.8 cm³/mol. The van der Waals surface area contributed by atoms with Crippen LogP contribution in [0.4, 0.5) is 5.82 Å². The quantitative estimate of drug-likeness (QED) is 0.815. The van der Waals surface area contributed by atoms with Gasteiger partial charge >= 0.3 is 0 Å². The molecular formula is C12H20N4. The summed E-state index contributed by atoms with van der Waals surface area (Å²) in [7, 11) is 2.03. The van der Waals surface area contributed by atoms with Crippen molar-refractivity contribution in [3.8, 4) is 0 Å². The van der Waals surface area contributed by atoms with Crippen LogP contribution in [0, 0.1) is 13.8 Å². The monoisotopic (exact) mass is 220 g/mol. The van der Waals surface area contributed by atoms with E-state index < -0.39 is 0 Å². The smallest absolute Gasteiger partial charge is 0.132 e. The zero-order valence-electron chi connectivity index (χ0n) is 10.3. The topological polar surface area (TPSA) is 41.0 Å². The lowest BCUT2D eigenvalue weighted by atomic mass is 10.1. The van der Waals surface area contributed by atoms with E-state index >= 15 is 0 Å². The minimum Gasteiger partial charge on any atom is -0.355 e. The van der Waals surface area contributed by atoms with Gasteiger partial charge in [0.2, 0.25) is 0 Å². The van der Waals surface area contributed by atoms with E-state index in [0.29, 0.717) is 6.04 Å². The fraction of sp³-hybridized carbons (Fsp3) is 0.667. The van der Waals surface area contributed by atoms with Crippen molar-refractivity contribution in [2.45, 2.75) is 32.7 Å². The summed E-state index contributed by atoms with van der Waals surface area (Å²) in [5.41, 5.74) is 1.05. The largest absolute Gasteiger partial charge is 0.355 e. The second-order valence-corrected chi connectivity index (χ2v) is 4.49. The summed E-state index contributed by atoms with van der Waals surface area (Å²) in [6, 6.07) is 2.66. The van der Waals surface area contributed by atoms with Gasteiger partial charge in [-0.1, -0.05) is 0 Å². The SMILES string of the molecule is CNC1CCCN(c2cc(C)nc(C)n2)C1. The highest BCUT2D eigenvalue weighted by Crippen LogP contribution is 2.18. The van der Waals surface area contributed by atoms with E-state index in [4.69, 9.17) is 0 Å². The van der Waals surface area contributed by atoms with Crippen molar-refractivity contribution in [1.29, 1.82) is 0 Å². The molecule has 0 radical (unpaired) electrons. The second kappa shape index (κ2) is 4.78. The fourth-order valence-corrected chi connectivity index (χ4v) is 2.28. The van der Waals surface area contributed by atoms with E-state index in [1.54, 1.807) is 0 Å². The Morgan fingerprint density at radius 1 is 1.38 bits per heavy atom. The summed E-state index contributed by atoms with van der Waals surface area (Å²) in [5.74, 6) is 1.94. The van der Waals surface area contributed by atoms with Gasteiger partial charge < -0.3 is 10.2 Å². The van der Waals surface area contributed by atoms with E-state index in [1.165, 1.54) is 12.8 Å². The average molecular weight is 220 g/mol. The van der Waals surface area contributed by atoms with Crippen molar-refractivity contribution in [3.05, 3.63) is 17.6 Å². The number of aryl methyl sites for hydroxylation is 2. The molecule has 0 aliphatic carbocycles. The first kappa shape index (κ1) is 11.3. The van der Waals surface area contributed by atoms with E-state index in [2.05, 4.69) is 26.3 Å². The number of nitrogens with one attached hydrogen (secondary N) is 1. The van der Waals surface area contributed by atoms with Crippen LogP contribution in [0.1, 0.15) is 24.4 Å². The summed E-state index contributed by atoms with van der Waals surface area (Å²) in [4.78, 5) is 11.2.